The highest BCUT2D eigenvalue weighted by Gasteiger charge is 2.23. The fraction of sp³-hybridized carbons (Fsp3) is 0.462. The van der Waals surface area contributed by atoms with Gasteiger partial charge in [-0.25, -0.2) is 0 Å². The van der Waals surface area contributed by atoms with Crippen LogP contribution < -0.4 is 5.32 Å². The summed E-state index contributed by atoms with van der Waals surface area (Å²) in [4.78, 5) is 2.40. The quantitative estimate of drug-likeness (QED) is 0.875. The average Bonchev–Trinajstić information content (AvgIpc) is 2.98. The number of benzene rings is 1. The second-order valence-corrected chi connectivity index (χ2v) is 4.75. The molecule has 0 amide bonds. The second-order valence-electron chi connectivity index (χ2n) is 4.75. The van der Waals surface area contributed by atoms with Gasteiger partial charge in [-0.05, 0) is 29.5 Å². The molecular formula is C13H18N6. The van der Waals surface area contributed by atoms with E-state index in [-0.39, 0.29) is 6.04 Å². The monoisotopic (exact) mass is 258 g/mol. The summed E-state index contributed by atoms with van der Waals surface area (Å²) in [7, 11) is 0. The minimum Gasteiger partial charge on any atom is -0.314 e. The summed E-state index contributed by atoms with van der Waals surface area (Å²) in [6.45, 7) is 6.27. The van der Waals surface area contributed by atoms with Crippen molar-refractivity contribution in [3.63, 3.8) is 0 Å². The lowest BCUT2D eigenvalue weighted by Crippen LogP contribution is -2.45. The van der Waals surface area contributed by atoms with Crippen LogP contribution in [0.4, 0.5) is 0 Å². The average molecular weight is 258 g/mol. The third-order valence-electron chi connectivity index (χ3n) is 3.57. The van der Waals surface area contributed by atoms with E-state index in [1.807, 2.05) is 35.0 Å². The van der Waals surface area contributed by atoms with Crippen molar-refractivity contribution < 1.29 is 0 Å². The molecule has 19 heavy (non-hydrogen) atoms. The van der Waals surface area contributed by atoms with Crippen LogP contribution in [-0.4, -0.2) is 51.3 Å². The number of para-hydroxylation sites is 1. The van der Waals surface area contributed by atoms with Crippen LogP contribution >= 0.6 is 0 Å². The maximum atomic E-state index is 4.21. The first-order chi connectivity index (χ1) is 9.36. The third-order valence-corrected chi connectivity index (χ3v) is 3.57. The molecule has 2 aromatic rings. The van der Waals surface area contributed by atoms with Crippen LogP contribution in [0.25, 0.3) is 5.69 Å². The van der Waals surface area contributed by atoms with Gasteiger partial charge in [0, 0.05) is 26.2 Å². The second kappa shape index (κ2) is 5.46. The molecule has 0 radical (unpaired) electrons. The Morgan fingerprint density at radius 1 is 1.16 bits per heavy atom. The maximum Gasteiger partial charge on any atom is 0.173 e. The lowest BCUT2D eigenvalue weighted by Gasteiger charge is -2.31. The molecule has 6 heteroatoms. The zero-order chi connectivity index (χ0) is 13.1. The maximum absolute atomic E-state index is 4.21. The zero-order valence-corrected chi connectivity index (χ0v) is 11.0. The van der Waals surface area contributed by atoms with E-state index < -0.39 is 0 Å². The van der Waals surface area contributed by atoms with Crippen molar-refractivity contribution in [2.45, 2.75) is 13.0 Å². The fourth-order valence-electron chi connectivity index (χ4n) is 2.44. The molecule has 0 spiro atoms. The molecular weight excluding hydrogens is 240 g/mol. The number of tetrazole rings is 1. The third kappa shape index (κ3) is 2.50. The number of aromatic nitrogens is 4. The molecule has 100 valence electrons. The van der Waals surface area contributed by atoms with Crippen LogP contribution in [0, 0.1) is 0 Å². The van der Waals surface area contributed by atoms with Crippen LogP contribution in [0.2, 0.25) is 0 Å². The van der Waals surface area contributed by atoms with Crippen molar-refractivity contribution in [3.05, 3.63) is 36.2 Å². The van der Waals surface area contributed by atoms with Gasteiger partial charge in [0.05, 0.1) is 11.7 Å². The van der Waals surface area contributed by atoms with Gasteiger partial charge in [0.1, 0.15) is 0 Å². The van der Waals surface area contributed by atoms with E-state index in [1.54, 1.807) is 0 Å². The Morgan fingerprint density at radius 3 is 2.63 bits per heavy atom. The predicted octanol–water partition coefficient (Wildman–Crippen LogP) is 0.628. The normalized spacial score (nSPS) is 18.4. The van der Waals surface area contributed by atoms with E-state index in [9.17, 15) is 0 Å². The Hall–Kier alpha value is -1.79. The van der Waals surface area contributed by atoms with Gasteiger partial charge in [-0.15, -0.1) is 5.10 Å². The summed E-state index contributed by atoms with van der Waals surface area (Å²) in [6.07, 6.45) is 0. The molecule has 0 aliphatic carbocycles. The molecule has 1 unspecified atom stereocenters. The van der Waals surface area contributed by atoms with E-state index in [0.29, 0.717) is 0 Å². The van der Waals surface area contributed by atoms with E-state index >= 15 is 0 Å². The van der Waals surface area contributed by atoms with E-state index in [1.165, 1.54) is 0 Å². The van der Waals surface area contributed by atoms with Crippen LogP contribution in [0.15, 0.2) is 30.3 Å². The Balaban J connectivity index is 1.87. The van der Waals surface area contributed by atoms with Gasteiger partial charge < -0.3 is 5.32 Å². The summed E-state index contributed by atoms with van der Waals surface area (Å²) in [6, 6.07) is 10.2. The molecule has 1 saturated heterocycles. The van der Waals surface area contributed by atoms with Gasteiger partial charge in [-0.3, -0.25) is 4.90 Å². The SMILES string of the molecule is CC(c1nnnn1-c1ccccc1)N1CCNCC1. The van der Waals surface area contributed by atoms with Crippen molar-refractivity contribution in [2.24, 2.45) is 0 Å². The number of piperazine rings is 1. The number of hydrogen-bond acceptors (Lipinski definition) is 5. The molecule has 1 atom stereocenters. The molecule has 1 N–H and O–H groups in total. The van der Waals surface area contributed by atoms with Gasteiger partial charge in [0.2, 0.25) is 0 Å². The number of nitrogens with one attached hydrogen (secondary N) is 1. The summed E-state index contributed by atoms with van der Waals surface area (Å²) >= 11 is 0. The topological polar surface area (TPSA) is 58.9 Å². The standard InChI is InChI=1S/C13H18N6/c1-11(18-9-7-14-8-10-18)13-15-16-17-19(13)12-5-3-2-4-6-12/h2-6,11,14H,7-10H2,1H3. The van der Waals surface area contributed by atoms with Gasteiger partial charge in [-0.2, -0.15) is 4.68 Å². The smallest absolute Gasteiger partial charge is 0.173 e. The summed E-state index contributed by atoms with van der Waals surface area (Å²) in [5.41, 5.74) is 1.00. The van der Waals surface area contributed by atoms with Crippen molar-refractivity contribution in [3.8, 4) is 5.69 Å². The molecule has 6 nitrogen and oxygen atoms in total. The van der Waals surface area contributed by atoms with E-state index in [2.05, 4.69) is 32.7 Å². The Kier molecular flexibility index (Phi) is 3.52. The number of hydrogen-bond donors (Lipinski definition) is 1. The van der Waals surface area contributed by atoms with Crippen molar-refractivity contribution in [1.82, 2.24) is 30.4 Å². The molecule has 1 aliphatic heterocycles. The Morgan fingerprint density at radius 2 is 1.89 bits per heavy atom. The van der Waals surface area contributed by atoms with Crippen molar-refractivity contribution in [1.29, 1.82) is 0 Å². The summed E-state index contributed by atoms with van der Waals surface area (Å²) < 4.78 is 1.83. The first kappa shape index (κ1) is 12.3. The van der Waals surface area contributed by atoms with Crippen LogP contribution in [-0.2, 0) is 0 Å². The highest BCUT2D eigenvalue weighted by Crippen LogP contribution is 2.20. The highest BCUT2D eigenvalue weighted by atomic mass is 15.6. The summed E-state index contributed by atoms with van der Waals surface area (Å²) in [5, 5.41) is 15.5. The summed E-state index contributed by atoms with van der Waals surface area (Å²) in [5.74, 6) is 0.896. The first-order valence-electron chi connectivity index (χ1n) is 6.65. The lowest BCUT2D eigenvalue weighted by molar-refractivity contribution is 0.177. The number of rotatable bonds is 3. The molecule has 1 aromatic heterocycles. The molecule has 0 saturated carbocycles. The first-order valence-corrected chi connectivity index (χ1v) is 6.65. The minimum absolute atomic E-state index is 0.220. The highest BCUT2D eigenvalue weighted by molar-refractivity contribution is 5.30. The largest absolute Gasteiger partial charge is 0.314 e. The van der Waals surface area contributed by atoms with E-state index in [0.717, 1.165) is 37.7 Å². The predicted molar refractivity (Wildman–Crippen MR) is 72.0 cm³/mol. The van der Waals surface area contributed by atoms with Crippen molar-refractivity contribution >= 4 is 0 Å². The van der Waals surface area contributed by atoms with Gasteiger partial charge in [0.25, 0.3) is 0 Å². The van der Waals surface area contributed by atoms with Crippen LogP contribution in [0.1, 0.15) is 18.8 Å². The van der Waals surface area contributed by atoms with Gasteiger partial charge in [-0.1, -0.05) is 18.2 Å². The Bertz CT molecular complexity index is 517. The number of nitrogens with zero attached hydrogens (tertiary/aromatic N) is 5. The molecule has 1 fully saturated rings. The van der Waals surface area contributed by atoms with Crippen molar-refractivity contribution in [2.75, 3.05) is 26.2 Å². The minimum atomic E-state index is 0.220. The molecule has 2 heterocycles. The van der Waals surface area contributed by atoms with Crippen LogP contribution in [0.5, 0.6) is 0 Å². The molecule has 1 aromatic carbocycles. The Labute approximate surface area is 112 Å². The lowest BCUT2D eigenvalue weighted by atomic mass is 10.2. The molecule has 1 aliphatic rings. The van der Waals surface area contributed by atoms with Gasteiger partial charge in [0.15, 0.2) is 5.82 Å². The molecule has 3 rings (SSSR count). The zero-order valence-electron chi connectivity index (χ0n) is 11.0. The van der Waals surface area contributed by atoms with E-state index in [4.69, 9.17) is 0 Å². The van der Waals surface area contributed by atoms with Gasteiger partial charge >= 0.3 is 0 Å². The molecule has 0 bridgehead atoms. The fourth-order valence-corrected chi connectivity index (χ4v) is 2.44. The van der Waals surface area contributed by atoms with Crippen LogP contribution in [0.3, 0.4) is 0 Å².